The molecule has 0 radical (unpaired) electrons. The van der Waals surface area contributed by atoms with Crippen molar-refractivity contribution >= 4 is 5.97 Å². The van der Waals surface area contributed by atoms with Crippen LogP contribution in [-0.2, 0) is 9.53 Å². The van der Waals surface area contributed by atoms with Crippen molar-refractivity contribution in [3.05, 3.63) is 0 Å². The second kappa shape index (κ2) is 4.94. The number of ether oxygens (including phenoxy) is 1. The van der Waals surface area contributed by atoms with Crippen LogP contribution in [0, 0.1) is 0 Å². The molecule has 1 aliphatic rings. The van der Waals surface area contributed by atoms with Gasteiger partial charge in [0.05, 0.1) is 0 Å². The summed E-state index contributed by atoms with van der Waals surface area (Å²) in [6, 6.07) is 0.512. The third kappa shape index (κ3) is 3.96. The van der Waals surface area contributed by atoms with Gasteiger partial charge in [0.25, 0.3) is 0 Å². The van der Waals surface area contributed by atoms with Crippen molar-refractivity contribution in [1.29, 1.82) is 0 Å². The highest BCUT2D eigenvalue weighted by atomic mass is 16.6. The first-order valence-electron chi connectivity index (χ1n) is 6.40. The third-order valence-electron chi connectivity index (χ3n) is 3.23. The largest absolute Gasteiger partial charge is 0.459 e. The molecule has 1 fully saturated rings. The Hall–Kier alpha value is -0.610. The summed E-state index contributed by atoms with van der Waals surface area (Å²) >= 11 is 0. The molecule has 0 aliphatic carbocycles. The number of hydrogen-bond donors (Lipinski definition) is 1. The molecule has 1 rings (SSSR count). The maximum atomic E-state index is 12.0. The lowest BCUT2D eigenvalue weighted by atomic mass is 9.88. The van der Waals surface area contributed by atoms with E-state index in [1.807, 2.05) is 20.8 Å². The van der Waals surface area contributed by atoms with Gasteiger partial charge in [0.15, 0.2) is 0 Å². The lowest BCUT2D eigenvalue weighted by molar-refractivity contribution is -0.163. The van der Waals surface area contributed by atoms with Crippen molar-refractivity contribution in [1.82, 2.24) is 4.90 Å². The fourth-order valence-electron chi connectivity index (χ4n) is 2.02. The average Bonchev–Trinajstić information content (AvgIpc) is 2.15. The molecule has 1 heterocycles. The first-order chi connectivity index (χ1) is 7.64. The van der Waals surface area contributed by atoms with Crippen LogP contribution in [0.2, 0.25) is 0 Å². The van der Waals surface area contributed by atoms with Crippen LogP contribution in [0.1, 0.15) is 47.5 Å². The van der Waals surface area contributed by atoms with Gasteiger partial charge in [0, 0.05) is 19.1 Å². The van der Waals surface area contributed by atoms with E-state index in [4.69, 9.17) is 10.5 Å². The highest BCUT2D eigenvalue weighted by Gasteiger charge is 2.40. The molecule has 0 spiro atoms. The van der Waals surface area contributed by atoms with E-state index < -0.39 is 11.1 Å². The Kier molecular flexibility index (Phi) is 4.20. The number of carbonyl (C=O) groups excluding carboxylic acids is 1. The molecular weight excluding hydrogens is 216 g/mol. The van der Waals surface area contributed by atoms with E-state index in [1.54, 1.807) is 0 Å². The SMILES string of the molecule is CC(C)N1CCC(N)(C(=O)OC(C)(C)C)CC1. The summed E-state index contributed by atoms with van der Waals surface area (Å²) in [6.45, 7) is 11.7. The molecule has 0 atom stereocenters. The van der Waals surface area contributed by atoms with Gasteiger partial charge in [-0.25, -0.2) is 0 Å². The Morgan fingerprint density at radius 1 is 1.29 bits per heavy atom. The van der Waals surface area contributed by atoms with Gasteiger partial charge in [-0.1, -0.05) is 0 Å². The minimum atomic E-state index is -0.793. The van der Waals surface area contributed by atoms with Gasteiger partial charge in [-0.3, -0.25) is 4.79 Å². The number of likely N-dealkylation sites (tertiary alicyclic amines) is 1. The molecule has 0 aromatic carbocycles. The van der Waals surface area contributed by atoms with Crippen LogP contribution in [0.25, 0.3) is 0 Å². The minimum Gasteiger partial charge on any atom is -0.459 e. The van der Waals surface area contributed by atoms with Gasteiger partial charge < -0.3 is 15.4 Å². The number of piperidine rings is 1. The van der Waals surface area contributed by atoms with Crippen molar-refractivity contribution in [2.24, 2.45) is 5.73 Å². The van der Waals surface area contributed by atoms with E-state index in [-0.39, 0.29) is 5.97 Å². The van der Waals surface area contributed by atoms with Crippen LogP contribution < -0.4 is 5.73 Å². The molecule has 0 unspecified atom stereocenters. The Balaban J connectivity index is 2.57. The monoisotopic (exact) mass is 242 g/mol. The standard InChI is InChI=1S/C13H26N2O2/c1-10(2)15-8-6-13(14,7-9-15)11(16)17-12(3,4)5/h10H,6-9,14H2,1-5H3. The maximum Gasteiger partial charge on any atom is 0.326 e. The van der Waals surface area contributed by atoms with Crippen molar-refractivity contribution in [3.63, 3.8) is 0 Å². The highest BCUT2D eigenvalue weighted by molar-refractivity contribution is 5.81. The molecule has 0 aromatic rings. The minimum absolute atomic E-state index is 0.256. The van der Waals surface area contributed by atoms with E-state index in [2.05, 4.69) is 18.7 Å². The van der Waals surface area contributed by atoms with E-state index in [0.717, 1.165) is 13.1 Å². The number of nitrogens with two attached hydrogens (primary N) is 1. The summed E-state index contributed by atoms with van der Waals surface area (Å²) in [7, 11) is 0. The molecule has 4 heteroatoms. The van der Waals surface area contributed by atoms with Crippen molar-refractivity contribution in [2.75, 3.05) is 13.1 Å². The van der Waals surface area contributed by atoms with Gasteiger partial charge in [0.1, 0.15) is 11.1 Å². The van der Waals surface area contributed by atoms with Crippen molar-refractivity contribution in [3.8, 4) is 0 Å². The predicted octanol–water partition coefficient (Wildman–Crippen LogP) is 1.53. The molecular formula is C13H26N2O2. The summed E-state index contributed by atoms with van der Waals surface area (Å²) in [4.78, 5) is 14.4. The van der Waals surface area contributed by atoms with E-state index in [0.29, 0.717) is 18.9 Å². The quantitative estimate of drug-likeness (QED) is 0.746. The number of carbonyl (C=O) groups is 1. The molecule has 0 amide bonds. The van der Waals surface area contributed by atoms with Gasteiger partial charge in [-0.15, -0.1) is 0 Å². The van der Waals surface area contributed by atoms with Gasteiger partial charge >= 0.3 is 5.97 Å². The summed E-state index contributed by atoms with van der Waals surface area (Å²) in [5.74, 6) is -0.256. The van der Waals surface area contributed by atoms with Crippen LogP contribution in [0.3, 0.4) is 0 Å². The zero-order chi connectivity index (χ0) is 13.3. The summed E-state index contributed by atoms with van der Waals surface area (Å²) in [6.07, 6.45) is 1.36. The Morgan fingerprint density at radius 2 is 1.76 bits per heavy atom. The number of nitrogens with zero attached hydrogens (tertiary/aromatic N) is 1. The first-order valence-corrected chi connectivity index (χ1v) is 6.40. The molecule has 1 saturated heterocycles. The molecule has 0 saturated carbocycles. The summed E-state index contributed by atoms with van der Waals surface area (Å²) < 4.78 is 5.39. The van der Waals surface area contributed by atoms with Crippen LogP contribution in [0.15, 0.2) is 0 Å². The maximum absolute atomic E-state index is 12.0. The van der Waals surface area contributed by atoms with Gasteiger partial charge in [-0.2, -0.15) is 0 Å². The topological polar surface area (TPSA) is 55.6 Å². The van der Waals surface area contributed by atoms with Crippen LogP contribution >= 0.6 is 0 Å². The smallest absolute Gasteiger partial charge is 0.326 e. The molecule has 0 bridgehead atoms. The zero-order valence-corrected chi connectivity index (χ0v) is 11.7. The zero-order valence-electron chi connectivity index (χ0n) is 11.7. The molecule has 100 valence electrons. The Morgan fingerprint density at radius 3 is 2.12 bits per heavy atom. The molecule has 0 aromatic heterocycles. The summed E-state index contributed by atoms with van der Waals surface area (Å²) in [5, 5.41) is 0. The molecule has 4 nitrogen and oxygen atoms in total. The normalized spacial score (nSPS) is 21.6. The number of esters is 1. The fraction of sp³-hybridized carbons (Fsp3) is 0.923. The molecule has 2 N–H and O–H groups in total. The number of hydrogen-bond acceptors (Lipinski definition) is 4. The number of rotatable bonds is 2. The predicted molar refractivity (Wildman–Crippen MR) is 68.7 cm³/mol. The molecule has 1 aliphatic heterocycles. The van der Waals surface area contributed by atoms with E-state index in [1.165, 1.54) is 0 Å². The second-order valence-electron chi connectivity index (χ2n) is 6.29. The fourth-order valence-corrected chi connectivity index (χ4v) is 2.02. The second-order valence-corrected chi connectivity index (χ2v) is 6.29. The van der Waals surface area contributed by atoms with Gasteiger partial charge in [-0.05, 0) is 47.5 Å². The van der Waals surface area contributed by atoms with Crippen LogP contribution in [0.4, 0.5) is 0 Å². The summed E-state index contributed by atoms with van der Waals surface area (Å²) in [5.41, 5.74) is 4.92. The Bertz CT molecular complexity index is 274. The van der Waals surface area contributed by atoms with Crippen LogP contribution in [0.5, 0.6) is 0 Å². The van der Waals surface area contributed by atoms with E-state index in [9.17, 15) is 4.79 Å². The Labute approximate surface area is 104 Å². The van der Waals surface area contributed by atoms with Crippen molar-refractivity contribution < 1.29 is 9.53 Å². The molecule has 17 heavy (non-hydrogen) atoms. The average molecular weight is 242 g/mol. The highest BCUT2D eigenvalue weighted by Crippen LogP contribution is 2.24. The first kappa shape index (κ1) is 14.5. The third-order valence-corrected chi connectivity index (χ3v) is 3.23. The lowest BCUT2D eigenvalue weighted by Gasteiger charge is -2.40. The van der Waals surface area contributed by atoms with Crippen LogP contribution in [-0.4, -0.2) is 41.1 Å². The van der Waals surface area contributed by atoms with Gasteiger partial charge in [0.2, 0.25) is 0 Å². The lowest BCUT2D eigenvalue weighted by Crippen LogP contribution is -2.58. The van der Waals surface area contributed by atoms with Crippen molar-refractivity contribution in [2.45, 2.75) is 64.6 Å². The van der Waals surface area contributed by atoms with E-state index >= 15 is 0 Å².